The van der Waals surface area contributed by atoms with Crippen molar-refractivity contribution < 1.29 is 31.5 Å². The van der Waals surface area contributed by atoms with Gasteiger partial charge in [0.2, 0.25) is 11.7 Å². The number of amides is 2. The number of likely N-dealkylation sites (tertiary alicyclic amines) is 1. The SMILES string of the molecule is CCC(=O)N(c1ccccc1)C1CCN(C(=O)c2c(F)c(F)c(F)c(F)c2F)CC1. The number of hydrogen-bond acceptors (Lipinski definition) is 2. The summed E-state index contributed by atoms with van der Waals surface area (Å²) in [6, 6.07) is 8.67. The molecule has 0 spiro atoms. The monoisotopic (exact) mass is 426 g/mol. The summed E-state index contributed by atoms with van der Waals surface area (Å²) >= 11 is 0. The van der Waals surface area contributed by atoms with Crippen LogP contribution in [0.4, 0.5) is 27.6 Å². The van der Waals surface area contributed by atoms with Crippen molar-refractivity contribution in [2.45, 2.75) is 32.2 Å². The molecule has 0 aliphatic carbocycles. The maximum absolute atomic E-state index is 14.0. The van der Waals surface area contributed by atoms with E-state index in [0.717, 1.165) is 4.90 Å². The number of benzene rings is 2. The highest BCUT2D eigenvalue weighted by atomic mass is 19.2. The highest BCUT2D eigenvalue weighted by molar-refractivity contribution is 5.95. The molecular formula is C21H19F5N2O2. The third kappa shape index (κ3) is 3.88. The first-order chi connectivity index (χ1) is 14.3. The summed E-state index contributed by atoms with van der Waals surface area (Å²) in [5.41, 5.74) is -0.775. The van der Waals surface area contributed by atoms with Crippen LogP contribution in [0.2, 0.25) is 0 Å². The molecule has 2 aromatic carbocycles. The van der Waals surface area contributed by atoms with E-state index in [0.29, 0.717) is 18.5 Å². The standard InChI is InChI=1S/C21H19F5N2O2/c1-2-14(29)28(12-6-4-3-5-7-12)13-8-10-27(11-9-13)21(30)15-16(22)18(24)20(26)19(25)17(15)23/h3-7,13H,2,8-11H2,1H3. The molecule has 1 aliphatic heterocycles. The molecule has 0 N–H and O–H groups in total. The van der Waals surface area contributed by atoms with Crippen LogP contribution in [0.3, 0.4) is 0 Å². The summed E-state index contributed by atoms with van der Waals surface area (Å²) in [5.74, 6) is -12.3. The number of carbonyl (C=O) groups is 2. The van der Waals surface area contributed by atoms with Crippen molar-refractivity contribution >= 4 is 17.5 Å². The van der Waals surface area contributed by atoms with Gasteiger partial charge in [-0.15, -0.1) is 0 Å². The minimum absolute atomic E-state index is 0.00330. The van der Waals surface area contributed by atoms with Crippen LogP contribution < -0.4 is 4.90 Å². The zero-order valence-electron chi connectivity index (χ0n) is 16.1. The number of halogens is 5. The molecule has 1 fully saturated rings. The van der Waals surface area contributed by atoms with E-state index < -0.39 is 40.6 Å². The molecule has 3 rings (SSSR count). The normalized spacial score (nSPS) is 14.7. The van der Waals surface area contributed by atoms with Crippen molar-refractivity contribution in [3.05, 3.63) is 65.0 Å². The van der Waals surface area contributed by atoms with Gasteiger partial charge in [0.25, 0.3) is 5.91 Å². The predicted octanol–water partition coefficient (Wildman–Crippen LogP) is 4.43. The molecule has 2 amide bonds. The molecule has 0 radical (unpaired) electrons. The molecule has 0 unspecified atom stereocenters. The first kappa shape index (κ1) is 21.7. The summed E-state index contributed by atoms with van der Waals surface area (Å²) in [4.78, 5) is 27.6. The zero-order valence-corrected chi connectivity index (χ0v) is 16.1. The molecule has 9 heteroatoms. The highest BCUT2D eigenvalue weighted by Gasteiger charge is 2.35. The van der Waals surface area contributed by atoms with Crippen LogP contribution >= 0.6 is 0 Å². The van der Waals surface area contributed by atoms with Crippen molar-refractivity contribution in [2.24, 2.45) is 0 Å². The number of rotatable bonds is 4. The van der Waals surface area contributed by atoms with E-state index in [2.05, 4.69) is 0 Å². The fourth-order valence-electron chi connectivity index (χ4n) is 3.60. The van der Waals surface area contributed by atoms with Gasteiger partial charge >= 0.3 is 0 Å². The van der Waals surface area contributed by atoms with Crippen LogP contribution in [0.1, 0.15) is 36.5 Å². The number of nitrogens with zero attached hydrogens (tertiary/aromatic N) is 2. The van der Waals surface area contributed by atoms with Gasteiger partial charge < -0.3 is 9.80 Å². The van der Waals surface area contributed by atoms with Gasteiger partial charge in [0.15, 0.2) is 23.3 Å². The number of piperidine rings is 1. The minimum atomic E-state index is -2.31. The van der Waals surface area contributed by atoms with Crippen LogP contribution in [0, 0.1) is 29.1 Å². The Bertz CT molecular complexity index is 931. The first-order valence-electron chi connectivity index (χ1n) is 9.45. The Morgan fingerprint density at radius 2 is 1.40 bits per heavy atom. The number of carbonyl (C=O) groups excluding carboxylic acids is 2. The summed E-state index contributed by atoms with van der Waals surface area (Å²) in [7, 11) is 0. The number of anilines is 1. The predicted molar refractivity (Wildman–Crippen MR) is 99.4 cm³/mol. The van der Waals surface area contributed by atoms with Crippen molar-refractivity contribution in [3.63, 3.8) is 0 Å². The van der Waals surface area contributed by atoms with E-state index in [1.165, 1.54) is 0 Å². The molecule has 4 nitrogen and oxygen atoms in total. The van der Waals surface area contributed by atoms with Crippen LogP contribution in [-0.4, -0.2) is 35.8 Å². The topological polar surface area (TPSA) is 40.6 Å². The molecule has 0 aromatic heterocycles. The van der Waals surface area contributed by atoms with Crippen molar-refractivity contribution in [1.29, 1.82) is 0 Å². The second-order valence-corrected chi connectivity index (χ2v) is 6.92. The van der Waals surface area contributed by atoms with Gasteiger partial charge in [-0.2, -0.15) is 0 Å². The first-order valence-corrected chi connectivity index (χ1v) is 9.45. The second kappa shape index (κ2) is 8.81. The lowest BCUT2D eigenvalue weighted by atomic mass is 10.0. The van der Waals surface area contributed by atoms with Crippen LogP contribution in [-0.2, 0) is 4.79 Å². The van der Waals surface area contributed by atoms with Crippen molar-refractivity contribution in [1.82, 2.24) is 4.90 Å². The summed E-state index contributed by atoms with van der Waals surface area (Å²) in [6.07, 6.45) is 0.849. The molecular weight excluding hydrogens is 407 g/mol. The Kier molecular flexibility index (Phi) is 6.38. The third-order valence-electron chi connectivity index (χ3n) is 5.15. The molecule has 1 saturated heterocycles. The lowest BCUT2D eigenvalue weighted by molar-refractivity contribution is -0.119. The number of para-hydroxylation sites is 1. The van der Waals surface area contributed by atoms with Crippen LogP contribution in [0.15, 0.2) is 30.3 Å². The van der Waals surface area contributed by atoms with Gasteiger partial charge in [-0.25, -0.2) is 22.0 Å². The van der Waals surface area contributed by atoms with Gasteiger partial charge in [0.1, 0.15) is 5.56 Å². The van der Waals surface area contributed by atoms with E-state index in [-0.39, 0.29) is 31.5 Å². The van der Waals surface area contributed by atoms with Gasteiger partial charge in [-0.1, -0.05) is 25.1 Å². The van der Waals surface area contributed by atoms with Gasteiger partial charge in [0.05, 0.1) is 0 Å². The average Bonchev–Trinajstić information content (AvgIpc) is 2.77. The quantitative estimate of drug-likeness (QED) is 0.412. The van der Waals surface area contributed by atoms with E-state index in [4.69, 9.17) is 0 Å². The summed E-state index contributed by atoms with van der Waals surface area (Å²) in [5, 5.41) is 0. The lowest BCUT2D eigenvalue weighted by Crippen LogP contribution is -2.49. The van der Waals surface area contributed by atoms with Crippen molar-refractivity contribution in [2.75, 3.05) is 18.0 Å². The molecule has 30 heavy (non-hydrogen) atoms. The Balaban J connectivity index is 1.80. The fourth-order valence-corrected chi connectivity index (χ4v) is 3.60. The average molecular weight is 426 g/mol. The Morgan fingerprint density at radius 3 is 1.90 bits per heavy atom. The van der Waals surface area contributed by atoms with Crippen molar-refractivity contribution in [3.8, 4) is 0 Å². The second-order valence-electron chi connectivity index (χ2n) is 6.92. The maximum atomic E-state index is 14.0. The third-order valence-corrected chi connectivity index (χ3v) is 5.15. The molecule has 2 aromatic rings. The minimum Gasteiger partial charge on any atom is -0.338 e. The van der Waals surface area contributed by atoms with E-state index in [1.54, 1.807) is 36.1 Å². The maximum Gasteiger partial charge on any atom is 0.260 e. The smallest absolute Gasteiger partial charge is 0.260 e. The Labute approximate surface area is 169 Å². The van der Waals surface area contributed by atoms with Crippen LogP contribution in [0.5, 0.6) is 0 Å². The molecule has 1 aliphatic rings. The zero-order chi connectivity index (χ0) is 22.0. The Hall–Kier alpha value is -2.97. The van der Waals surface area contributed by atoms with E-state index in [1.807, 2.05) is 6.07 Å². The fraction of sp³-hybridized carbons (Fsp3) is 0.333. The summed E-state index contributed by atoms with van der Waals surface area (Å²) in [6.45, 7) is 1.73. The highest BCUT2D eigenvalue weighted by Crippen LogP contribution is 2.28. The molecule has 0 atom stereocenters. The summed E-state index contributed by atoms with van der Waals surface area (Å²) < 4.78 is 68.0. The van der Waals surface area contributed by atoms with E-state index in [9.17, 15) is 31.5 Å². The van der Waals surface area contributed by atoms with Gasteiger partial charge in [-0.05, 0) is 25.0 Å². The Morgan fingerprint density at radius 1 is 0.900 bits per heavy atom. The van der Waals surface area contributed by atoms with Crippen LogP contribution in [0.25, 0.3) is 0 Å². The molecule has 0 bridgehead atoms. The van der Waals surface area contributed by atoms with Gasteiger partial charge in [-0.3, -0.25) is 9.59 Å². The van der Waals surface area contributed by atoms with E-state index >= 15 is 0 Å². The number of hydrogen-bond donors (Lipinski definition) is 0. The molecule has 160 valence electrons. The molecule has 1 heterocycles. The van der Waals surface area contributed by atoms with Gasteiger partial charge in [0, 0.05) is 31.2 Å². The largest absolute Gasteiger partial charge is 0.338 e. The lowest BCUT2D eigenvalue weighted by Gasteiger charge is -2.38. The molecule has 0 saturated carbocycles.